The van der Waals surface area contributed by atoms with E-state index in [0.29, 0.717) is 11.5 Å². The maximum atomic E-state index is 4.66. The highest BCUT2D eigenvalue weighted by Crippen LogP contribution is 2.28. The fraction of sp³-hybridized carbons (Fsp3) is 0.0952. The second-order valence-corrected chi connectivity index (χ2v) is 6.62. The van der Waals surface area contributed by atoms with Crippen molar-refractivity contribution in [2.45, 2.75) is 13.0 Å². The summed E-state index contributed by atoms with van der Waals surface area (Å²) in [5.74, 6) is 0.669. The Morgan fingerprint density at radius 1 is 0.964 bits per heavy atom. The van der Waals surface area contributed by atoms with Crippen LogP contribution in [0.15, 0.2) is 67.5 Å². The van der Waals surface area contributed by atoms with Crippen molar-refractivity contribution in [3.63, 3.8) is 0 Å². The molecule has 0 saturated heterocycles. The predicted molar refractivity (Wildman–Crippen MR) is 108 cm³/mol. The lowest BCUT2D eigenvalue weighted by Crippen LogP contribution is -2.15. The molecule has 5 rings (SSSR count). The number of pyridine rings is 2. The number of hydrogen-bond acceptors (Lipinski definition) is 6. The van der Waals surface area contributed by atoms with Gasteiger partial charge in [-0.3, -0.25) is 9.97 Å². The highest BCUT2D eigenvalue weighted by molar-refractivity contribution is 5.83. The molecule has 1 aromatic carbocycles. The number of benzene rings is 1. The van der Waals surface area contributed by atoms with Crippen LogP contribution in [-0.2, 0) is 0 Å². The number of aryl methyl sites for hydroxylation is 1. The van der Waals surface area contributed by atoms with Gasteiger partial charge >= 0.3 is 0 Å². The molecule has 7 nitrogen and oxygen atoms in total. The van der Waals surface area contributed by atoms with Crippen molar-refractivity contribution in [3.05, 3.63) is 84.3 Å². The summed E-state index contributed by atoms with van der Waals surface area (Å²) in [6.07, 6.45) is 6.79. The minimum atomic E-state index is -0.221. The quantitative estimate of drug-likeness (QED) is 0.502. The first-order valence-corrected chi connectivity index (χ1v) is 8.96. The summed E-state index contributed by atoms with van der Waals surface area (Å²) in [5, 5.41) is 4.58. The molecular formula is C21H17N7. The topological polar surface area (TPSA) is 92.3 Å². The Labute approximate surface area is 160 Å². The van der Waals surface area contributed by atoms with Crippen molar-refractivity contribution in [1.82, 2.24) is 29.9 Å². The largest absolute Gasteiger partial charge is 0.356 e. The minimum Gasteiger partial charge on any atom is -0.356 e. The number of anilines is 1. The van der Waals surface area contributed by atoms with Gasteiger partial charge in [0.15, 0.2) is 11.5 Å². The van der Waals surface area contributed by atoms with E-state index >= 15 is 0 Å². The zero-order valence-electron chi connectivity index (χ0n) is 15.2. The van der Waals surface area contributed by atoms with Crippen LogP contribution < -0.4 is 5.32 Å². The fourth-order valence-electron chi connectivity index (χ4n) is 3.29. The number of aromatic nitrogens is 6. The number of nitrogens with one attached hydrogen (secondary N) is 2. The van der Waals surface area contributed by atoms with Crippen molar-refractivity contribution < 1.29 is 0 Å². The maximum absolute atomic E-state index is 4.66. The third-order valence-corrected chi connectivity index (χ3v) is 4.68. The lowest BCUT2D eigenvalue weighted by atomic mass is 10.0. The molecule has 4 heterocycles. The number of H-pyrrole nitrogens is 1. The monoisotopic (exact) mass is 367 g/mol. The summed E-state index contributed by atoms with van der Waals surface area (Å²) in [7, 11) is 0. The summed E-state index contributed by atoms with van der Waals surface area (Å²) >= 11 is 0. The molecule has 1 atom stereocenters. The van der Waals surface area contributed by atoms with Crippen LogP contribution in [0.5, 0.6) is 0 Å². The number of imidazole rings is 1. The Morgan fingerprint density at radius 3 is 2.82 bits per heavy atom. The van der Waals surface area contributed by atoms with Gasteiger partial charge in [-0.25, -0.2) is 15.0 Å². The Kier molecular flexibility index (Phi) is 3.90. The smallest absolute Gasteiger partial charge is 0.182 e. The second kappa shape index (κ2) is 6.70. The summed E-state index contributed by atoms with van der Waals surface area (Å²) in [5.41, 5.74) is 5.41. The van der Waals surface area contributed by atoms with Gasteiger partial charge in [0.05, 0.1) is 23.6 Å². The van der Waals surface area contributed by atoms with Gasteiger partial charge in [-0.05, 0) is 42.3 Å². The molecule has 0 fully saturated rings. The molecule has 0 amide bonds. The Bertz CT molecular complexity index is 1260. The van der Waals surface area contributed by atoms with E-state index < -0.39 is 0 Å². The van der Waals surface area contributed by atoms with E-state index in [1.807, 2.05) is 24.4 Å². The van der Waals surface area contributed by atoms with Crippen LogP contribution in [0.4, 0.5) is 5.82 Å². The predicted octanol–water partition coefficient (Wildman–Crippen LogP) is 3.81. The van der Waals surface area contributed by atoms with Crippen LogP contribution in [0.1, 0.15) is 22.9 Å². The van der Waals surface area contributed by atoms with Crippen LogP contribution in [0.2, 0.25) is 0 Å². The van der Waals surface area contributed by atoms with Crippen molar-refractivity contribution >= 4 is 27.9 Å². The average molecular weight is 367 g/mol. The van der Waals surface area contributed by atoms with Gasteiger partial charge in [0.2, 0.25) is 0 Å². The van der Waals surface area contributed by atoms with E-state index in [1.54, 1.807) is 12.5 Å². The zero-order valence-corrected chi connectivity index (χ0v) is 15.2. The van der Waals surface area contributed by atoms with Gasteiger partial charge < -0.3 is 10.3 Å². The molecule has 0 radical (unpaired) electrons. The fourth-order valence-corrected chi connectivity index (χ4v) is 3.29. The molecule has 0 aliphatic carbocycles. The molecular weight excluding hydrogens is 350 g/mol. The van der Waals surface area contributed by atoms with Crippen molar-refractivity contribution in [3.8, 4) is 0 Å². The average Bonchev–Trinajstić information content (AvgIpc) is 3.22. The maximum Gasteiger partial charge on any atom is 0.182 e. The van der Waals surface area contributed by atoms with E-state index in [4.69, 9.17) is 0 Å². The van der Waals surface area contributed by atoms with Crippen LogP contribution in [-0.4, -0.2) is 29.9 Å². The lowest BCUT2D eigenvalue weighted by Gasteiger charge is -2.19. The molecule has 0 aliphatic rings. The van der Waals surface area contributed by atoms with Crippen LogP contribution in [0.3, 0.4) is 0 Å². The molecule has 0 aliphatic heterocycles. The van der Waals surface area contributed by atoms with Crippen LogP contribution in [0, 0.1) is 6.92 Å². The molecule has 2 N–H and O–H groups in total. The third kappa shape index (κ3) is 2.92. The van der Waals surface area contributed by atoms with E-state index in [9.17, 15) is 0 Å². The first kappa shape index (κ1) is 16.3. The van der Waals surface area contributed by atoms with Crippen molar-refractivity contribution in [1.29, 1.82) is 0 Å². The van der Waals surface area contributed by atoms with Gasteiger partial charge in [-0.1, -0.05) is 18.2 Å². The van der Waals surface area contributed by atoms with E-state index in [0.717, 1.165) is 27.7 Å². The van der Waals surface area contributed by atoms with Gasteiger partial charge in [0.1, 0.15) is 11.8 Å². The number of rotatable bonds is 4. The molecule has 0 bridgehead atoms. The van der Waals surface area contributed by atoms with Gasteiger partial charge in [-0.2, -0.15) is 0 Å². The van der Waals surface area contributed by atoms with Gasteiger partial charge in [0.25, 0.3) is 0 Å². The highest BCUT2D eigenvalue weighted by Gasteiger charge is 2.19. The SMILES string of the molecule is Cc1ccc2cc([C@@H](Nc3ncnc4nc[nH]c34)c3ccccn3)cnc2c1. The number of nitrogens with zero attached hydrogens (tertiary/aromatic N) is 5. The Morgan fingerprint density at radius 2 is 1.93 bits per heavy atom. The summed E-state index contributed by atoms with van der Waals surface area (Å²) in [6, 6.07) is 14.0. The molecule has 136 valence electrons. The summed E-state index contributed by atoms with van der Waals surface area (Å²) in [6.45, 7) is 2.07. The van der Waals surface area contributed by atoms with Crippen molar-refractivity contribution in [2.24, 2.45) is 0 Å². The highest BCUT2D eigenvalue weighted by atomic mass is 15.1. The number of fused-ring (bicyclic) bond motifs is 2. The summed E-state index contributed by atoms with van der Waals surface area (Å²) < 4.78 is 0. The van der Waals surface area contributed by atoms with E-state index in [2.05, 4.69) is 66.4 Å². The Hall–Kier alpha value is -3.87. The number of aromatic amines is 1. The van der Waals surface area contributed by atoms with E-state index in [1.165, 1.54) is 11.9 Å². The Balaban J connectivity index is 1.63. The number of hydrogen-bond donors (Lipinski definition) is 2. The second-order valence-electron chi connectivity index (χ2n) is 6.62. The van der Waals surface area contributed by atoms with E-state index in [-0.39, 0.29) is 6.04 Å². The van der Waals surface area contributed by atoms with Crippen LogP contribution in [0.25, 0.3) is 22.1 Å². The standard InChI is InChI=1S/C21H17N7/c1-13-5-6-14-9-15(10-23-17(14)8-13)18(16-4-2-3-7-22-16)28-21-19-20(25-11-24-19)26-12-27-21/h2-12,18H,1H3,(H2,24,25,26,27,28)/t18-/m1/s1. The normalized spacial score (nSPS) is 12.3. The minimum absolute atomic E-state index is 0.221. The van der Waals surface area contributed by atoms with Crippen LogP contribution >= 0.6 is 0 Å². The molecule has 0 unspecified atom stereocenters. The van der Waals surface area contributed by atoms with Crippen molar-refractivity contribution in [2.75, 3.05) is 5.32 Å². The summed E-state index contributed by atoms with van der Waals surface area (Å²) in [4.78, 5) is 25.1. The molecule has 4 aromatic heterocycles. The van der Waals surface area contributed by atoms with Gasteiger partial charge in [-0.15, -0.1) is 0 Å². The molecule has 0 saturated carbocycles. The first-order valence-electron chi connectivity index (χ1n) is 8.96. The molecule has 7 heteroatoms. The first-order chi connectivity index (χ1) is 13.8. The molecule has 28 heavy (non-hydrogen) atoms. The lowest BCUT2D eigenvalue weighted by molar-refractivity contribution is 0.874. The zero-order chi connectivity index (χ0) is 18.9. The van der Waals surface area contributed by atoms with Gasteiger partial charge in [0, 0.05) is 17.8 Å². The molecule has 0 spiro atoms. The third-order valence-electron chi connectivity index (χ3n) is 4.68. The molecule has 5 aromatic rings.